The number of aromatic nitrogens is 3. The Labute approximate surface area is 195 Å². The van der Waals surface area contributed by atoms with Gasteiger partial charge in [0, 0.05) is 31.6 Å². The molecule has 1 aromatic carbocycles. The van der Waals surface area contributed by atoms with Gasteiger partial charge >= 0.3 is 0 Å². The van der Waals surface area contributed by atoms with Gasteiger partial charge in [0.1, 0.15) is 11.4 Å². The van der Waals surface area contributed by atoms with Crippen LogP contribution in [-0.4, -0.2) is 44.6 Å². The van der Waals surface area contributed by atoms with E-state index in [1.165, 1.54) is 25.4 Å². The lowest BCUT2D eigenvalue weighted by atomic mass is 10.0. The summed E-state index contributed by atoms with van der Waals surface area (Å²) in [6, 6.07) is 10.3. The third-order valence-corrected chi connectivity index (χ3v) is 5.70. The molecular formula is C24H21ClFN5O2. The highest BCUT2D eigenvalue weighted by molar-refractivity contribution is 6.34. The highest BCUT2D eigenvalue weighted by Crippen LogP contribution is 2.27. The molecule has 1 aliphatic heterocycles. The smallest absolute Gasteiger partial charge is 0.275 e. The van der Waals surface area contributed by atoms with Crippen LogP contribution in [0, 0.1) is 17.7 Å². The van der Waals surface area contributed by atoms with E-state index >= 15 is 0 Å². The van der Waals surface area contributed by atoms with Gasteiger partial charge in [0.15, 0.2) is 5.82 Å². The van der Waals surface area contributed by atoms with Crippen LogP contribution in [0.3, 0.4) is 0 Å². The minimum absolute atomic E-state index is 0.0165. The van der Waals surface area contributed by atoms with Gasteiger partial charge in [-0.05, 0) is 30.9 Å². The number of pyridine rings is 1. The Bertz CT molecular complexity index is 1240. The van der Waals surface area contributed by atoms with Gasteiger partial charge in [0.25, 0.3) is 5.91 Å². The van der Waals surface area contributed by atoms with Crippen LogP contribution in [0.5, 0.6) is 0 Å². The average molecular weight is 466 g/mol. The second kappa shape index (κ2) is 9.84. The maximum Gasteiger partial charge on any atom is 0.275 e. The third kappa shape index (κ3) is 5.21. The Kier molecular flexibility index (Phi) is 6.71. The fourth-order valence-electron chi connectivity index (χ4n) is 3.70. The van der Waals surface area contributed by atoms with Crippen LogP contribution in [0.1, 0.15) is 47.6 Å². The third-order valence-electron chi connectivity index (χ3n) is 5.42. The Morgan fingerprint density at radius 2 is 1.88 bits per heavy atom. The highest BCUT2D eigenvalue weighted by atomic mass is 35.5. The van der Waals surface area contributed by atoms with E-state index < -0.39 is 11.7 Å². The molecule has 0 spiro atoms. The van der Waals surface area contributed by atoms with Crippen LogP contribution in [0.25, 0.3) is 0 Å². The number of hydrogen-bond acceptors (Lipinski definition) is 4. The monoisotopic (exact) mass is 465 g/mol. The standard InChI is InChI=1S/C24H21ClFN5O2/c1-16(32)30-11-9-19(10-12-30)31-23(20(25)15-28-31)24(33)29-18-13-21(26)22(27-14-18)8-7-17-5-3-2-4-6-17/h2-6,13-15,19H,9-12H2,1H3,(H,29,33). The molecule has 0 radical (unpaired) electrons. The first kappa shape index (κ1) is 22.5. The van der Waals surface area contributed by atoms with E-state index in [0.29, 0.717) is 25.9 Å². The lowest BCUT2D eigenvalue weighted by molar-refractivity contribution is -0.130. The van der Waals surface area contributed by atoms with Crippen molar-refractivity contribution < 1.29 is 14.0 Å². The molecule has 1 saturated heterocycles. The Balaban J connectivity index is 1.48. The topological polar surface area (TPSA) is 80.1 Å². The van der Waals surface area contributed by atoms with E-state index in [4.69, 9.17) is 11.6 Å². The number of carbonyl (C=O) groups excluding carboxylic acids is 2. The van der Waals surface area contributed by atoms with E-state index in [2.05, 4.69) is 27.2 Å². The number of hydrogen-bond donors (Lipinski definition) is 1. The zero-order valence-corrected chi connectivity index (χ0v) is 18.6. The zero-order valence-electron chi connectivity index (χ0n) is 17.9. The molecule has 0 unspecified atom stereocenters. The van der Waals surface area contributed by atoms with Crippen molar-refractivity contribution >= 4 is 29.1 Å². The second-order valence-electron chi connectivity index (χ2n) is 7.65. The summed E-state index contributed by atoms with van der Waals surface area (Å²) >= 11 is 6.24. The molecule has 1 fully saturated rings. The molecule has 4 rings (SSSR count). The average Bonchev–Trinajstić information content (AvgIpc) is 3.20. The maximum absolute atomic E-state index is 14.5. The summed E-state index contributed by atoms with van der Waals surface area (Å²) < 4.78 is 16.1. The number of carbonyl (C=O) groups is 2. The van der Waals surface area contributed by atoms with Gasteiger partial charge in [0.2, 0.25) is 5.91 Å². The van der Waals surface area contributed by atoms with Crippen molar-refractivity contribution in [3.05, 3.63) is 76.6 Å². The van der Waals surface area contributed by atoms with E-state index in [0.717, 1.165) is 5.56 Å². The summed E-state index contributed by atoms with van der Waals surface area (Å²) in [5.41, 5.74) is 1.09. The van der Waals surface area contributed by atoms with Gasteiger partial charge in [-0.1, -0.05) is 35.7 Å². The molecule has 2 amide bonds. The van der Waals surface area contributed by atoms with Crippen molar-refractivity contribution in [2.24, 2.45) is 0 Å². The molecule has 9 heteroatoms. The van der Waals surface area contributed by atoms with Crippen LogP contribution >= 0.6 is 11.6 Å². The number of anilines is 1. The van der Waals surface area contributed by atoms with Gasteiger partial charge in [-0.3, -0.25) is 14.3 Å². The van der Waals surface area contributed by atoms with Crippen LogP contribution in [-0.2, 0) is 4.79 Å². The molecule has 0 saturated carbocycles. The highest BCUT2D eigenvalue weighted by Gasteiger charge is 2.27. The minimum atomic E-state index is -0.646. The number of nitrogens with one attached hydrogen (secondary N) is 1. The summed E-state index contributed by atoms with van der Waals surface area (Å²) in [7, 11) is 0. The number of likely N-dealkylation sites (tertiary alicyclic amines) is 1. The van der Waals surface area contributed by atoms with E-state index in [1.807, 2.05) is 30.3 Å². The predicted octanol–water partition coefficient (Wildman–Crippen LogP) is 3.91. The van der Waals surface area contributed by atoms with Crippen LogP contribution in [0.4, 0.5) is 10.1 Å². The van der Waals surface area contributed by atoms with Crippen molar-refractivity contribution in [1.82, 2.24) is 19.7 Å². The van der Waals surface area contributed by atoms with E-state index in [9.17, 15) is 14.0 Å². The normalized spacial score (nSPS) is 13.8. The van der Waals surface area contributed by atoms with Gasteiger partial charge in [-0.2, -0.15) is 5.10 Å². The predicted molar refractivity (Wildman–Crippen MR) is 122 cm³/mol. The van der Waals surface area contributed by atoms with Gasteiger partial charge < -0.3 is 10.2 Å². The fourth-order valence-corrected chi connectivity index (χ4v) is 3.91. The summed E-state index contributed by atoms with van der Waals surface area (Å²) in [6.07, 6.45) is 4.07. The Morgan fingerprint density at radius 1 is 1.15 bits per heavy atom. The summed E-state index contributed by atoms with van der Waals surface area (Å²) in [5.74, 6) is 4.41. The van der Waals surface area contributed by atoms with Gasteiger partial charge in [-0.25, -0.2) is 9.37 Å². The lowest BCUT2D eigenvalue weighted by Gasteiger charge is -2.32. The first-order valence-corrected chi connectivity index (χ1v) is 10.8. The summed E-state index contributed by atoms with van der Waals surface area (Å²) in [4.78, 5) is 30.3. The SMILES string of the molecule is CC(=O)N1CCC(n2ncc(Cl)c2C(=O)Nc2cnc(C#Cc3ccccc3)c(F)c2)CC1. The number of amides is 2. The number of rotatable bonds is 3. The number of benzene rings is 1. The van der Waals surface area contributed by atoms with Crippen molar-refractivity contribution in [1.29, 1.82) is 0 Å². The Morgan fingerprint density at radius 3 is 2.55 bits per heavy atom. The fraction of sp³-hybridized carbons (Fsp3) is 0.250. The zero-order chi connectivity index (χ0) is 23.4. The number of halogens is 2. The number of piperidine rings is 1. The molecule has 33 heavy (non-hydrogen) atoms. The van der Waals surface area contributed by atoms with Gasteiger partial charge in [-0.15, -0.1) is 0 Å². The second-order valence-corrected chi connectivity index (χ2v) is 8.05. The molecule has 3 aromatic rings. The summed E-state index contributed by atoms with van der Waals surface area (Å²) in [6.45, 7) is 2.70. The van der Waals surface area contributed by atoms with Crippen molar-refractivity contribution in [3.8, 4) is 11.8 Å². The molecule has 7 nitrogen and oxygen atoms in total. The van der Waals surface area contributed by atoms with Crippen molar-refractivity contribution in [2.75, 3.05) is 18.4 Å². The van der Waals surface area contributed by atoms with Gasteiger partial charge in [0.05, 0.1) is 29.1 Å². The largest absolute Gasteiger partial charge is 0.343 e. The van der Waals surface area contributed by atoms with Crippen LogP contribution in [0.2, 0.25) is 5.02 Å². The molecule has 168 valence electrons. The molecule has 0 bridgehead atoms. The number of nitrogens with zero attached hydrogens (tertiary/aromatic N) is 4. The van der Waals surface area contributed by atoms with Crippen LogP contribution < -0.4 is 5.32 Å². The summed E-state index contributed by atoms with van der Waals surface area (Å²) in [5, 5.41) is 7.10. The molecule has 1 aliphatic rings. The van der Waals surface area contributed by atoms with E-state index in [-0.39, 0.29) is 34.0 Å². The van der Waals surface area contributed by atoms with E-state index in [1.54, 1.807) is 9.58 Å². The van der Waals surface area contributed by atoms with Crippen molar-refractivity contribution in [2.45, 2.75) is 25.8 Å². The molecule has 3 heterocycles. The quantitative estimate of drug-likeness (QED) is 0.595. The Hall–Kier alpha value is -3.70. The lowest BCUT2D eigenvalue weighted by Crippen LogP contribution is -2.38. The maximum atomic E-state index is 14.5. The molecule has 1 N–H and O–H groups in total. The minimum Gasteiger partial charge on any atom is -0.343 e. The van der Waals surface area contributed by atoms with Crippen molar-refractivity contribution in [3.63, 3.8) is 0 Å². The molecule has 0 aliphatic carbocycles. The first-order valence-electron chi connectivity index (χ1n) is 10.4. The molecule has 2 aromatic heterocycles. The molecular weight excluding hydrogens is 445 g/mol. The molecule has 0 atom stereocenters. The first-order chi connectivity index (χ1) is 15.9. The van der Waals surface area contributed by atoms with Crippen LogP contribution in [0.15, 0.2) is 48.8 Å².